The lowest BCUT2D eigenvalue weighted by Crippen LogP contribution is -2.35. The molecule has 3 rings (SSSR count). The number of amides is 1. The van der Waals surface area contributed by atoms with Gasteiger partial charge in [-0.25, -0.2) is 0 Å². The Hall–Kier alpha value is -2.80. The highest BCUT2D eigenvalue weighted by molar-refractivity contribution is 5.81. The minimum atomic E-state index is -0.0333. The maximum Gasteiger partial charge on any atom is 0.239 e. The Kier molecular flexibility index (Phi) is 4.58. The summed E-state index contributed by atoms with van der Waals surface area (Å²) in [5.41, 5.74) is 3.93. The molecule has 23 heavy (non-hydrogen) atoms. The first kappa shape index (κ1) is 15.1. The van der Waals surface area contributed by atoms with Crippen LogP contribution in [0.3, 0.4) is 0 Å². The third-order valence-electron chi connectivity index (χ3n) is 4.15. The van der Waals surface area contributed by atoms with Crippen LogP contribution in [0.25, 0.3) is 0 Å². The van der Waals surface area contributed by atoms with Crippen molar-refractivity contribution in [1.29, 1.82) is 5.26 Å². The largest absolute Gasteiger partial charge is 0.376 e. The van der Waals surface area contributed by atoms with Gasteiger partial charge in [0.15, 0.2) is 0 Å². The lowest BCUT2D eigenvalue weighted by molar-refractivity contribution is -0.120. The van der Waals surface area contributed by atoms with E-state index in [2.05, 4.69) is 28.8 Å². The molecule has 4 nitrogen and oxygen atoms in total. The van der Waals surface area contributed by atoms with Crippen LogP contribution in [0, 0.1) is 11.3 Å². The SMILES string of the molecule is N#Cc1cccc(NCC(=O)NC2CCCc3ccccc32)c1. The molecule has 2 aromatic rings. The Balaban J connectivity index is 1.59. The second-order valence-electron chi connectivity index (χ2n) is 5.76. The zero-order valence-corrected chi connectivity index (χ0v) is 12.9. The summed E-state index contributed by atoms with van der Waals surface area (Å²) < 4.78 is 0. The van der Waals surface area contributed by atoms with E-state index in [0.717, 1.165) is 24.9 Å². The van der Waals surface area contributed by atoms with Gasteiger partial charge in [0.1, 0.15) is 0 Å². The molecule has 0 heterocycles. The van der Waals surface area contributed by atoms with Crippen LogP contribution in [0.4, 0.5) is 5.69 Å². The monoisotopic (exact) mass is 305 g/mol. The van der Waals surface area contributed by atoms with E-state index < -0.39 is 0 Å². The smallest absolute Gasteiger partial charge is 0.239 e. The Morgan fingerprint density at radius 2 is 2.09 bits per heavy atom. The highest BCUT2D eigenvalue weighted by Gasteiger charge is 2.21. The number of rotatable bonds is 4. The lowest BCUT2D eigenvalue weighted by Gasteiger charge is -2.26. The summed E-state index contributed by atoms with van der Waals surface area (Å²) in [6.45, 7) is 0.202. The lowest BCUT2D eigenvalue weighted by atomic mass is 9.88. The van der Waals surface area contributed by atoms with Gasteiger partial charge in [0.05, 0.1) is 24.2 Å². The maximum absolute atomic E-state index is 12.2. The van der Waals surface area contributed by atoms with E-state index in [1.54, 1.807) is 18.2 Å². The molecule has 1 unspecified atom stereocenters. The first-order valence-electron chi connectivity index (χ1n) is 7.87. The molecule has 0 fully saturated rings. The number of carbonyl (C=O) groups is 1. The van der Waals surface area contributed by atoms with E-state index in [9.17, 15) is 4.79 Å². The van der Waals surface area contributed by atoms with Crippen molar-refractivity contribution in [2.24, 2.45) is 0 Å². The summed E-state index contributed by atoms with van der Waals surface area (Å²) in [6, 6.07) is 17.6. The fourth-order valence-corrected chi connectivity index (χ4v) is 3.03. The van der Waals surface area contributed by atoms with Crippen molar-refractivity contribution >= 4 is 11.6 Å². The van der Waals surface area contributed by atoms with Crippen molar-refractivity contribution in [3.63, 3.8) is 0 Å². The number of fused-ring (bicyclic) bond motifs is 1. The molecule has 1 aliphatic carbocycles. The van der Waals surface area contributed by atoms with Gasteiger partial charge >= 0.3 is 0 Å². The van der Waals surface area contributed by atoms with E-state index >= 15 is 0 Å². The standard InChI is InChI=1S/C19H19N3O/c20-12-14-5-3-8-16(11-14)21-13-19(23)22-18-10-4-7-15-6-1-2-9-17(15)18/h1-3,5-6,8-9,11,18,21H,4,7,10,13H2,(H,22,23). The minimum Gasteiger partial charge on any atom is -0.376 e. The number of hydrogen-bond donors (Lipinski definition) is 2. The second-order valence-corrected chi connectivity index (χ2v) is 5.76. The second kappa shape index (κ2) is 6.97. The summed E-state index contributed by atoms with van der Waals surface area (Å²) in [5.74, 6) is -0.0333. The molecule has 0 spiro atoms. The van der Waals surface area contributed by atoms with Crippen LogP contribution in [0.5, 0.6) is 0 Å². The molecule has 116 valence electrons. The number of nitrogens with one attached hydrogen (secondary N) is 2. The number of nitriles is 1. The first-order valence-corrected chi connectivity index (χ1v) is 7.87. The molecule has 2 N–H and O–H groups in total. The first-order chi connectivity index (χ1) is 11.3. The Morgan fingerprint density at radius 3 is 2.96 bits per heavy atom. The Bertz CT molecular complexity index is 748. The van der Waals surface area contributed by atoms with E-state index in [-0.39, 0.29) is 18.5 Å². The number of aryl methyl sites for hydroxylation is 1. The number of benzene rings is 2. The highest BCUT2D eigenvalue weighted by atomic mass is 16.1. The molecule has 0 radical (unpaired) electrons. The predicted molar refractivity (Wildman–Crippen MR) is 89.9 cm³/mol. The molecule has 1 aliphatic rings. The molecule has 0 saturated carbocycles. The van der Waals surface area contributed by atoms with Crippen LogP contribution in [-0.2, 0) is 11.2 Å². The van der Waals surface area contributed by atoms with Crippen molar-refractivity contribution in [2.75, 3.05) is 11.9 Å². The van der Waals surface area contributed by atoms with Gasteiger partial charge in [-0.3, -0.25) is 4.79 Å². The summed E-state index contributed by atoms with van der Waals surface area (Å²) >= 11 is 0. The zero-order chi connectivity index (χ0) is 16.1. The van der Waals surface area contributed by atoms with Crippen molar-refractivity contribution in [3.8, 4) is 6.07 Å². The van der Waals surface area contributed by atoms with Gasteiger partial charge in [-0.2, -0.15) is 5.26 Å². The van der Waals surface area contributed by atoms with E-state index in [0.29, 0.717) is 5.56 Å². The highest BCUT2D eigenvalue weighted by Crippen LogP contribution is 2.29. The Labute approximate surface area is 136 Å². The molecule has 1 atom stereocenters. The van der Waals surface area contributed by atoms with Crippen molar-refractivity contribution in [1.82, 2.24) is 5.32 Å². The van der Waals surface area contributed by atoms with Crippen LogP contribution < -0.4 is 10.6 Å². The fraction of sp³-hybridized carbons (Fsp3) is 0.263. The molecule has 0 aromatic heterocycles. The zero-order valence-electron chi connectivity index (χ0n) is 12.9. The number of hydrogen-bond acceptors (Lipinski definition) is 3. The van der Waals surface area contributed by atoms with Gasteiger partial charge in [0, 0.05) is 5.69 Å². The normalized spacial score (nSPS) is 16.0. The van der Waals surface area contributed by atoms with E-state index in [1.165, 1.54) is 11.1 Å². The van der Waals surface area contributed by atoms with Crippen LogP contribution in [0.1, 0.15) is 35.6 Å². The Morgan fingerprint density at radius 1 is 1.22 bits per heavy atom. The van der Waals surface area contributed by atoms with Crippen molar-refractivity contribution in [3.05, 3.63) is 65.2 Å². The summed E-state index contributed by atoms with van der Waals surface area (Å²) in [7, 11) is 0. The number of anilines is 1. The summed E-state index contributed by atoms with van der Waals surface area (Å²) in [4.78, 5) is 12.2. The van der Waals surface area contributed by atoms with Gasteiger partial charge < -0.3 is 10.6 Å². The van der Waals surface area contributed by atoms with Crippen LogP contribution in [-0.4, -0.2) is 12.5 Å². The molecule has 0 bridgehead atoms. The molecular weight excluding hydrogens is 286 g/mol. The molecule has 1 amide bonds. The summed E-state index contributed by atoms with van der Waals surface area (Å²) in [6.07, 6.45) is 3.16. The van der Waals surface area contributed by atoms with Crippen molar-refractivity contribution in [2.45, 2.75) is 25.3 Å². The number of nitrogens with zero attached hydrogens (tertiary/aromatic N) is 1. The third-order valence-corrected chi connectivity index (χ3v) is 4.15. The molecule has 0 saturated heterocycles. The van der Waals surface area contributed by atoms with Gasteiger partial charge in [-0.1, -0.05) is 30.3 Å². The number of carbonyl (C=O) groups excluding carboxylic acids is 1. The maximum atomic E-state index is 12.2. The quantitative estimate of drug-likeness (QED) is 0.912. The van der Waals surface area contributed by atoms with Crippen molar-refractivity contribution < 1.29 is 4.79 Å². The molecule has 2 aromatic carbocycles. The van der Waals surface area contributed by atoms with Gasteiger partial charge in [0.2, 0.25) is 5.91 Å². The van der Waals surface area contributed by atoms with E-state index in [1.807, 2.05) is 18.2 Å². The fourth-order valence-electron chi connectivity index (χ4n) is 3.03. The van der Waals surface area contributed by atoms with Crippen LogP contribution in [0.2, 0.25) is 0 Å². The van der Waals surface area contributed by atoms with Crippen LogP contribution in [0.15, 0.2) is 48.5 Å². The van der Waals surface area contributed by atoms with Crippen LogP contribution >= 0.6 is 0 Å². The topological polar surface area (TPSA) is 64.9 Å². The van der Waals surface area contributed by atoms with Gasteiger partial charge in [0.25, 0.3) is 0 Å². The van der Waals surface area contributed by atoms with Gasteiger partial charge in [-0.15, -0.1) is 0 Å². The molecule has 0 aliphatic heterocycles. The van der Waals surface area contributed by atoms with Gasteiger partial charge in [-0.05, 0) is 48.6 Å². The third kappa shape index (κ3) is 3.70. The predicted octanol–water partition coefficient (Wildman–Crippen LogP) is 3.16. The average Bonchev–Trinajstić information content (AvgIpc) is 2.60. The molecule has 4 heteroatoms. The average molecular weight is 305 g/mol. The van der Waals surface area contributed by atoms with E-state index in [4.69, 9.17) is 5.26 Å². The summed E-state index contributed by atoms with van der Waals surface area (Å²) in [5, 5.41) is 15.1. The minimum absolute atomic E-state index is 0.0333. The molecular formula is C19H19N3O.